The van der Waals surface area contributed by atoms with Gasteiger partial charge in [0.05, 0.1) is 13.1 Å². The summed E-state index contributed by atoms with van der Waals surface area (Å²) in [5, 5.41) is 2.46. The Hall–Kier alpha value is -0.0400. The molecule has 0 saturated carbocycles. The largest absolute Gasteiger partial charge is 0.346 e. The maximum absolute atomic E-state index is 2.46. The van der Waals surface area contributed by atoms with E-state index in [0.717, 1.165) is 11.8 Å². The van der Waals surface area contributed by atoms with Gasteiger partial charge in [-0.3, -0.25) is 0 Å². The second-order valence-electron chi connectivity index (χ2n) is 3.10. The molecule has 1 aliphatic rings. The summed E-state index contributed by atoms with van der Waals surface area (Å²) in [5.41, 5.74) is 0. The van der Waals surface area contributed by atoms with Gasteiger partial charge in [0.25, 0.3) is 0 Å². The molecule has 0 amide bonds. The molecule has 0 aliphatic carbocycles. The molecule has 0 radical (unpaired) electrons. The zero-order chi connectivity index (χ0) is 6.69. The molecule has 0 spiro atoms. The Morgan fingerprint density at radius 1 is 1.11 bits per heavy atom. The van der Waals surface area contributed by atoms with Gasteiger partial charge >= 0.3 is 0 Å². The van der Waals surface area contributed by atoms with Crippen LogP contribution in [-0.4, -0.2) is 13.1 Å². The lowest BCUT2D eigenvalue weighted by Gasteiger charge is -2.09. The van der Waals surface area contributed by atoms with Gasteiger partial charge in [0.1, 0.15) is 0 Å². The molecule has 0 aromatic heterocycles. The Bertz CT molecular complexity index is 70.6. The van der Waals surface area contributed by atoms with Gasteiger partial charge in [0.15, 0.2) is 0 Å². The zero-order valence-corrected chi connectivity index (χ0v) is 6.56. The predicted octanol–water partition coefficient (Wildman–Crippen LogP) is 0.616. The van der Waals surface area contributed by atoms with E-state index in [1.807, 2.05) is 0 Å². The van der Waals surface area contributed by atoms with E-state index < -0.39 is 0 Å². The Morgan fingerprint density at radius 3 is 1.89 bits per heavy atom. The third-order valence-corrected chi connectivity index (χ3v) is 2.65. The van der Waals surface area contributed by atoms with Crippen LogP contribution in [0.4, 0.5) is 0 Å². The Kier molecular flexibility index (Phi) is 2.52. The van der Waals surface area contributed by atoms with Crippen molar-refractivity contribution < 1.29 is 5.32 Å². The third kappa shape index (κ3) is 1.45. The normalized spacial score (nSPS) is 35.3. The molecule has 1 heterocycles. The SMILES string of the molecule is CCC1C[NH2+]CC1CC. The van der Waals surface area contributed by atoms with Crippen LogP contribution in [0.15, 0.2) is 0 Å². The molecule has 1 rings (SSSR count). The summed E-state index contributed by atoms with van der Waals surface area (Å²) in [6, 6.07) is 0. The van der Waals surface area contributed by atoms with Gasteiger partial charge in [-0.05, 0) is 12.8 Å². The summed E-state index contributed by atoms with van der Waals surface area (Å²) in [5.74, 6) is 2.05. The number of hydrogen-bond acceptors (Lipinski definition) is 0. The lowest BCUT2D eigenvalue weighted by molar-refractivity contribution is -0.640. The summed E-state index contributed by atoms with van der Waals surface area (Å²) in [6.45, 7) is 7.39. The van der Waals surface area contributed by atoms with Gasteiger partial charge in [-0.15, -0.1) is 0 Å². The fourth-order valence-electron chi connectivity index (χ4n) is 1.91. The van der Waals surface area contributed by atoms with Crippen molar-refractivity contribution in [2.75, 3.05) is 13.1 Å². The van der Waals surface area contributed by atoms with E-state index in [1.54, 1.807) is 0 Å². The minimum absolute atomic E-state index is 1.02. The van der Waals surface area contributed by atoms with Crippen molar-refractivity contribution >= 4 is 0 Å². The van der Waals surface area contributed by atoms with Crippen LogP contribution >= 0.6 is 0 Å². The molecule has 1 saturated heterocycles. The molecular formula is C8H18N+. The highest BCUT2D eigenvalue weighted by atomic mass is 14.9. The molecule has 9 heavy (non-hydrogen) atoms. The van der Waals surface area contributed by atoms with Crippen molar-refractivity contribution in [1.82, 2.24) is 0 Å². The molecule has 54 valence electrons. The van der Waals surface area contributed by atoms with Gasteiger partial charge in [-0.1, -0.05) is 13.8 Å². The van der Waals surface area contributed by atoms with Crippen LogP contribution < -0.4 is 5.32 Å². The summed E-state index contributed by atoms with van der Waals surface area (Å²) in [7, 11) is 0. The number of hydrogen-bond donors (Lipinski definition) is 1. The molecule has 0 bridgehead atoms. The van der Waals surface area contributed by atoms with Gasteiger partial charge in [0, 0.05) is 11.8 Å². The molecule has 0 aromatic carbocycles. The van der Waals surface area contributed by atoms with Crippen LogP contribution in [0.25, 0.3) is 0 Å². The standard InChI is InChI=1S/C8H17N/c1-3-7-5-9-6-8(7)4-2/h7-9H,3-6H2,1-2H3/p+1. The topological polar surface area (TPSA) is 16.6 Å². The minimum Gasteiger partial charge on any atom is -0.346 e. The van der Waals surface area contributed by atoms with Crippen molar-refractivity contribution in [3.8, 4) is 0 Å². The maximum atomic E-state index is 2.46. The minimum atomic E-state index is 1.02. The molecule has 1 heteroatoms. The maximum Gasteiger partial charge on any atom is 0.0788 e. The second-order valence-corrected chi connectivity index (χ2v) is 3.10. The average molecular weight is 128 g/mol. The lowest BCUT2D eigenvalue weighted by Crippen LogP contribution is -2.81. The molecule has 1 aliphatic heterocycles. The molecule has 2 N–H and O–H groups in total. The molecule has 2 atom stereocenters. The summed E-state index contributed by atoms with van der Waals surface area (Å²) >= 11 is 0. The van der Waals surface area contributed by atoms with Crippen molar-refractivity contribution in [2.45, 2.75) is 26.7 Å². The fraction of sp³-hybridized carbons (Fsp3) is 1.00. The first-order valence-electron chi connectivity index (χ1n) is 4.20. The quantitative estimate of drug-likeness (QED) is 0.561. The molecular weight excluding hydrogens is 110 g/mol. The van der Waals surface area contributed by atoms with E-state index >= 15 is 0 Å². The smallest absolute Gasteiger partial charge is 0.0788 e. The van der Waals surface area contributed by atoms with Gasteiger partial charge < -0.3 is 5.32 Å². The van der Waals surface area contributed by atoms with E-state index in [1.165, 1.54) is 25.9 Å². The highest BCUT2D eigenvalue weighted by Gasteiger charge is 2.26. The highest BCUT2D eigenvalue weighted by molar-refractivity contribution is 4.69. The zero-order valence-electron chi connectivity index (χ0n) is 6.56. The summed E-state index contributed by atoms with van der Waals surface area (Å²) < 4.78 is 0. The van der Waals surface area contributed by atoms with E-state index in [4.69, 9.17) is 0 Å². The van der Waals surface area contributed by atoms with Crippen molar-refractivity contribution in [1.29, 1.82) is 0 Å². The van der Waals surface area contributed by atoms with Crippen LogP contribution in [-0.2, 0) is 0 Å². The summed E-state index contributed by atoms with van der Waals surface area (Å²) in [4.78, 5) is 0. The second kappa shape index (κ2) is 3.21. The van der Waals surface area contributed by atoms with Crippen molar-refractivity contribution in [3.05, 3.63) is 0 Å². The first-order valence-corrected chi connectivity index (χ1v) is 4.20. The molecule has 0 aromatic rings. The Labute approximate surface area is 57.8 Å². The van der Waals surface area contributed by atoms with Gasteiger partial charge in [-0.25, -0.2) is 0 Å². The van der Waals surface area contributed by atoms with Gasteiger partial charge in [-0.2, -0.15) is 0 Å². The lowest BCUT2D eigenvalue weighted by atomic mass is 9.92. The monoisotopic (exact) mass is 128 g/mol. The number of quaternary nitrogens is 1. The third-order valence-electron chi connectivity index (χ3n) is 2.65. The van der Waals surface area contributed by atoms with Crippen LogP contribution in [0.2, 0.25) is 0 Å². The van der Waals surface area contributed by atoms with Crippen molar-refractivity contribution in [2.24, 2.45) is 11.8 Å². The van der Waals surface area contributed by atoms with Gasteiger partial charge in [0.2, 0.25) is 0 Å². The molecule has 1 nitrogen and oxygen atoms in total. The molecule has 2 unspecified atom stereocenters. The average Bonchev–Trinajstić information content (AvgIpc) is 2.33. The Balaban J connectivity index is 2.32. The predicted molar refractivity (Wildman–Crippen MR) is 39.2 cm³/mol. The number of rotatable bonds is 2. The first-order chi connectivity index (χ1) is 4.38. The van der Waals surface area contributed by atoms with Crippen LogP contribution in [0.3, 0.4) is 0 Å². The van der Waals surface area contributed by atoms with Crippen LogP contribution in [0.5, 0.6) is 0 Å². The fourth-order valence-corrected chi connectivity index (χ4v) is 1.91. The van der Waals surface area contributed by atoms with Crippen molar-refractivity contribution in [3.63, 3.8) is 0 Å². The summed E-state index contributed by atoms with van der Waals surface area (Å²) in [6.07, 6.45) is 2.77. The van der Waals surface area contributed by atoms with Crippen LogP contribution in [0.1, 0.15) is 26.7 Å². The Morgan fingerprint density at radius 2 is 1.56 bits per heavy atom. The van der Waals surface area contributed by atoms with E-state index in [0.29, 0.717) is 0 Å². The van der Waals surface area contributed by atoms with E-state index in [2.05, 4.69) is 19.2 Å². The van der Waals surface area contributed by atoms with E-state index in [-0.39, 0.29) is 0 Å². The highest BCUT2D eigenvalue weighted by Crippen LogP contribution is 2.18. The van der Waals surface area contributed by atoms with Crippen LogP contribution in [0, 0.1) is 11.8 Å². The molecule has 1 fully saturated rings. The van der Waals surface area contributed by atoms with E-state index in [9.17, 15) is 0 Å². The number of nitrogens with two attached hydrogens (primary N) is 1. The first kappa shape index (κ1) is 7.07.